The van der Waals surface area contributed by atoms with Crippen LogP contribution in [-0.2, 0) is 12.8 Å². The molecule has 0 saturated carbocycles. The largest absolute Gasteiger partial charge is 0.382 e. The summed E-state index contributed by atoms with van der Waals surface area (Å²) in [6.07, 6.45) is 22.6. The van der Waals surface area contributed by atoms with E-state index in [0.717, 1.165) is 119 Å². The fourth-order valence-corrected chi connectivity index (χ4v) is 12.8. The van der Waals surface area contributed by atoms with Crippen LogP contribution in [0.25, 0.3) is 11.3 Å². The maximum Gasteiger partial charge on any atom is 0.211 e. The number of rotatable bonds is 6. The number of nitrogens with zero attached hydrogens (tertiary/aromatic N) is 11. The van der Waals surface area contributed by atoms with Crippen molar-refractivity contribution in [3.63, 3.8) is 0 Å². The predicted octanol–water partition coefficient (Wildman–Crippen LogP) is 9.17. The van der Waals surface area contributed by atoms with Gasteiger partial charge in [-0.05, 0) is 90.8 Å². The molecule has 19 heteroatoms. The van der Waals surface area contributed by atoms with Crippen LogP contribution in [0.15, 0.2) is 124 Å². The van der Waals surface area contributed by atoms with Crippen LogP contribution in [0.5, 0.6) is 0 Å². The Hall–Kier alpha value is -5.20. The fraction of sp³-hybridized carbons (Fsp3) is 0.298. The second kappa shape index (κ2) is 17.5. The molecule has 2 aliphatic heterocycles. The predicted molar refractivity (Wildman–Crippen MR) is 262 cm³/mol. The Balaban J connectivity index is 0.000000146. The molecule has 2 saturated heterocycles. The molecule has 14 nitrogen and oxygen atoms in total. The van der Waals surface area contributed by atoms with Crippen LogP contribution >= 0.6 is 58.3 Å². The number of anilines is 3. The van der Waals surface area contributed by atoms with E-state index in [4.69, 9.17) is 62.0 Å². The number of piperidine rings is 2. The second-order valence-corrected chi connectivity index (χ2v) is 20.8. The summed E-state index contributed by atoms with van der Waals surface area (Å²) in [5.74, 6) is 2.11. The van der Waals surface area contributed by atoms with Gasteiger partial charge in [-0.1, -0.05) is 76.5 Å². The third-order valence-electron chi connectivity index (χ3n) is 13.9. The summed E-state index contributed by atoms with van der Waals surface area (Å²) >= 11 is 22.0. The highest BCUT2D eigenvalue weighted by molar-refractivity contribution is 8.00. The minimum atomic E-state index is 0.0425. The summed E-state index contributed by atoms with van der Waals surface area (Å²) in [4.78, 5) is 40.3. The highest BCUT2D eigenvalue weighted by Crippen LogP contribution is 2.52. The lowest BCUT2D eigenvalue weighted by Gasteiger charge is -2.42. The molecule has 2 atom stereocenters. The molecule has 12 rings (SSSR count). The third-order valence-corrected chi connectivity index (χ3v) is 17.5. The van der Waals surface area contributed by atoms with Crippen molar-refractivity contribution in [3.05, 3.63) is 142 Å². The zero-order chi connectivity index (χ0) is 45.2. The van der Waals surface area contributed by atoms with E-state index in [-0.39, 0.29) is 22.9 Å². The Morgan fingerprint density at radius 1 is 0.530 bits per heavy atom. The molecule has 4 aliphatic rings. The first-order valence-corrected chi connectivity index (χ1v) is 24.6. The molecular weight excluding hydrogens is 931 g/mol. The Kier molecular flexibility index (Phi) is 11.5. The lowest BCUT2D eigenvalue weighted by atomic mass is 9.73. The zero-order valence-corrected chi connectivity index (χ0v) is 39.5. The number of pyridine rings is 3. The minimum Gasteiger partial charge on any atom is -0.382 e. The standard InChI is InChI=1S/C24H22Cl2N6S.C23H23ClN8S/c25-16-4-1-5-18(20(16)26)33-19-14-30-23(32-12-9-29-22(19)32)31-10-6-24(7-11-31)13-17-15(21(24)27)3-2-8-28-17;24-18-16(3-7-28-20(18)26)33-17-13-30-22(32-11-8-29-21(17)32)31-9-4-23(5-10-31)12-15-14(19(23)25)2-1-6-27-15/h1-5,8-9,12,14,21H,6-7,10-11,13,27H2;1-3,6-8,11,13,19H,4-5,9-10,12,25H2,(H2,26,28)/t21-;19-/m11/s1. The van der Waals surface area contributed by atoms with Crippen molar-refractivity contribution in [2.45, 2.75) is 70.2 Å². The summed E-state index contributed by atoms with van der Waals surface area (Å²) in [7, 11) is 0. The molecule has 2 aliphatic carbocycles. The summed E-state index contributed by atoms with van der Waals surface area (Å²) in [5, 5.41) is 1.53. The van der Waals surface area contributed by atoms with Crippen molar-refractivity contribution in [2.24, 2.45) is 22.3 Å². The lowest BCUT2D eigenvalue weighted by Crippen LogP contribution is -2.45. The number of benzene rings is 1. The van der Waals surface area contributed by atoms with Gasteiger partial charge in [0.2, 0.25) is 11.9 Å². The average molecular weight is 976 g/mol. The smallest absolute Gasteiger partial charge is 0.211 e. The molecule has 2 fully saturated rings. The molecule has 9 heterocycles. The van der Waals surface area contributed by atoms with E-state index in [9.17, 15) is 0 Å². The zero-order valence-electron chi connectivity index (χ0n) is 35.6. The van der Waals surface area contributed by atoms with Gasteiger partial charge < -0.3 is 27.0 Å². The summed E-state index contributed by atoms with van der Waals surface area (Å²) < 4.78 is 4.10. The molecule has 7 aromatic heterocycles. The molecule has 0 radical (unpaired) electrons. The fourth-order valence-electron chi connectivity index (χ4n) is 10.3. The van der Waals surface area contributed by atoms with Crippen LogP contribution in [0, 0.1) is 10.8 Å². The monoisotopic (exact) mass is 974 g/mol. The van der Waals surface area contributed by atoms with Gasteiger partial charge in [0.25, 0.3) is 0 Å². The minimum absolute atomic E-state index is 0.0425. The maximum atomic E-state index is 6.72. The SMILES string of the molecule is N[C@@H]1c2cccnc2CC12CCN(c1ncc(Sc3cccc(Cl)c3Cl)c3nccn13)CC2.Nc1nccc(Sc2cnc(N3CCC4(CC3)Cc3ncccc3[C@H]4N)n3ccnc23)c1Cl. The number of hydrogen-bond acceptors (Lipinski definition) is 14. The van der Waals surface area contributed by atoms with Crippen molar-refractivity contribution >= 4 is 87.3 Å². The molecule has 336 valence electrons. The number of fused-ring (bicyclic) bond motifs is 4. The molecule has 1 aromatic carbocycles. The number of aromatic nitrogens is 9. The van der Waals surface area contributed by atoms with E-state index in [0.29, 0.717) is 20.9 Å². The first-order chi connectivity index (χ1) is 32.1. The number of halogens is 3. The number of nitrogens with two attached hydrogens (primary N) is 3. The van der Waals surface area contributed by atoms with Gasteiger partial charge in [-0.2, -0.15) is 0 Å². The Morgan fingerprint density at radius 2 is 1.03 bits per heavy atom. The van der Waals surface area contributed by atoms with Gasteiger partial charge >= 0.3 is 0 Å². The van der Waals surface area contributed by atoms with Crippen LogP contribution < -0.4 is 27.0 Å². The third kappa shape index (κ3) is 7.60. The molecule has 66 heavy (non-hydrogen) atoms. The Bertz CT molecular complexity index is 2900. The summed E-state index contributed by atoms with van der Waals surface area (Å²) in [6, 6.07) is 15.8. The molecule has 2 spiro atoms. The van der Waals surface area contributed by atoms with Gasteiger partial charge in [0.05, 0.1) is 24.9 Å². The molecule has 8 aromatic rings. The second-order valence-electron chi connectivity index (χ2n) is 17.4. The number of imidazole rings is 2. The van der Waals surface area contributed by atoms with Crippen molar-refractivity contribution in [3.8, 4) is 0 Å². The van der Waals surface area contributed by atoms with Gasteiger partial charge in [0.1, 0.15) is 5.82 Å². The molecular formula is C47H45Cl3N14S2. The van der Waals surface area contributed by atoms with E-state index >= 15 is 0 Å². The van der Waals surface area contributed by atoms with E-state index < -0.39 is 0 Å². The van der Waals surface area contributed by atoms with E-state index in [1.54, 1.807) is 18.5 Å². The van der Waals surface area contributed by atoms with Gasteiger partial charge in [0.15, 0.2) is 11.3 Å². The topological polar surface area (TPSA) is 184 Å². The first-order valence-electron chi connectivity index (χ1n) is 21.8. The van der Waals surface area contributed by atoms with Crippen LogP contribution in [0.3, 0.4) is 0 Å². The van der Waals surface area contributed by atoms with Crippen molar-refractivity contribution < 1.29 is 0 Å². The van der Waals surface area contributed by atoms with Crippen LogP contribution in [-0.4, -0.2) is 69.9 Å². The molecule has 0 bridgehead atoms. The molecule has 0 unspecified atom stereocenters. The quantitative estimate of drug-likeness (QED) is 0.143. The lowest BCUT2D eigenvalue weighted by molar-refractivity contribution is 0.186. The first kappa shape index (κ1) is 43.4. The Labute approximate surface area is 404 Å². The summed E-state index contributed by atoms with van der Waals surface area (Å²) in [5.41, 5.74) is 25.9. The maximum absolute atomic E-state index is 6.72. The molecule has 0 amide bonds. The van der Waals surface area contributed by atoms with Crippen LogP contribution in [0.2, 0.25) is 15.1 Å². The highest BCUT2D eigenvalue weighted by atomic mass is 35.5. The van der Waals surface area contributed by atoms with Gasteiger partial charge in [-0.3, -0.25) is 18.8 Å². The van der Waals surface area contributed by atoms with Crippen molar-refractivity contribution in [1.29, 1.82) is 0 Å². The van der Waals surface area contributed by atoms with Crippen LogP contribution in [0.1, 0.15) is 60.3 Å². The van der Waals surface area contributed by atoms with Crippen molar-refractivity contribution in [1.82, 2.24) is 43.7 Å². The average Bonchev–Trinajstić information content (AvgIpc) is 4.14. The van der Waals surface area contributed by atoms with Gasteiger partial charge in [-0.25, -0.2) is 24.9 Å². The highest BCUT2D eigenvalue weighted by Gasteiger charge is 2.48. The van der Waals surface area contributed by atoms with Crippen molar-refractivity contribution in [2.75, 3.05) is 41.7 Å². The van der Waals surface area contributed by atoms with Gasteiger partial charge in [0, 0.05) is 115 Å². The normalized spacial score (nSPS) is 19.3. The van der Waals surface area contributed by atoms with E-state index in [2.05, 4.69) is 51.3 Å². The summed E-state index contributed by atoms with van der Waals surface area (Å²) in [6.45, 7) is 3.57. The van der Waals surface area contributed by atoms with Crippen LogP contribution in [0.4, 0.5) is 17.7 Å². The number of nitrogen functional groups attached to an aromatic ring is 1. The Morgan fingerprint density at radius 3 is 1.53 bits per heavy atom. The van der Waals surface area contributed by atoms with Gasteiger partial charge in [-0.15, -0.1) is 0 Å². The molecule has 6 N–H and O–H groups in total. The van der Waals surface area contributed by atoms with E-state index in [1.807, 2.05) is 78.1 Å². The number of hydrogen-bond donors (Lipinski definition) is 3. The van der Waals surface area contributed by atoms with E-state index in [1.165, 1.54) is 34.7 Å².